The molecule has 0 aliphatic heterocycles. The van der Waals surface area contributed by atoms with Gasteiger partial charge in [0, 0.05) is 11.8 Å². The minimum atomic E-state index is -0.572. The van der Waals surface area contributed by atoms with E-state index < -0.39 is 11.7 Å². The van der Waals surface area contributed by atoms with E-state index >= 15 is 0 Å². The maximum Gasteiger partial charge on any atom is 0.412 e. The average molecular weight is 401 g/mol. The van der Waals surface area contributed by atoms with Crippen LogP contribution in [-0.4, -0.2) is 21.7 Å². The van der Waals surface area contributed by atoms with Crippen LogP contribution in [0.15, 0.2) is 35.1 Å². The second-order valence-corrected chi connectivity index (χ2v) is 6.72. The van der Waals surface area contributed by atoms with Crippen LogP contribution in [0, 0.1) is 0 Å². The van der Waals surface area contributed by atoms with E-state index in [-0.39, 0.29) is 11.0 Å². The van der Waals surface area contributed by atoms with Crippen molar-refractivity contribution in [1.82, 2.24) is 9.97 Å². The van der Waals surface area contributed by atoms with Gasteiger partial charge >= 0.3 is 6.09 Å². The lowest BCUT2D eigenvalue weighted by atomic mass is 10.2. The van der Waals surface area contributed by atoms with Crippen LogP contribution in [0.5, 0.6) is 11.6 Å². The molecule has 2 aromatic rings. The third-order valence-electron chi connectivity index (χ3n) is 2.36. The summed E-state index contributed by atoms with van der Waals surface area (Å²) in [6.45, 7) is 5.38. The first kappa shape index (κ1) is 17.5. The monoisotopic (exact) mass is 399 g/mol. The van der Waals surface area contributed by atoms with Crippen molar-refractivity contribution in [2.24, 2.45) is 0 Å². The molecular weight excluding hydrogens is 386 g/mol. The normalized spacial score (nSPS) is 11.0. The van der Waals surface area contributed by atoms with Gasteiger partial charge in [-0.25, -0.2) is 14.8 Å². The molecule has 1 aromatic heterocycles. The third kappa shape index (κ3) is 5.69. The molecule has 0 atom stereocenters. The molecule has 0 bridgehead atoms. The summed E-state index contributed by atoms with van der Waals surface area (Å²) in [5.41, 5.74) is -0.0479. The van der Waals surface area contributed by atoms with Gasteiger partial charge in [0.2, 0.25) is 0 Å². The summed E-state index contributed by atoms with van der Waals surface area (Å²) in [4.78, 5) is 19.8. The summed E-state index contributed by atoms with van der Waals surface area (Å²) >= 11 is 9.13. The number of nitrogens with zero attached hydrogens (tertiary/aromatic N) is 2. The van der Waals surface area contributed by atoms with Crippen molar-refractivity contribution in [3.8, 4) is 11.6 Å². The number of anilines is 1. The molecule has 122 valence electrons. The number of rotatable bonds is 3. The van der Waals surface area contributed by atoms with Gasteiger partial charge < -0.3 is 9.47 Å². The second kappa shape index (κ2) is 7.14. The van der Waals surface area contributed by atoms with Gasteiger partial charge in [-0.2, -0.15) is 0 Å². The number of aromatic nitrogens is 2. The lowest BCUT2D eigenvalue weighted by Crippen LogP contribution is -2.27. The molecule has 0 aliphatic rings. The fourth-order valence-electron chi connectivity index (χ4n) is 1.57. The largest absolute Gasteiger partial charge is 0.444 e. The quantitative estimate of drug-likeness (QED) is 0.782. The Hall–Kier alpha value is -1.86. The highest BCUT2D eigenvalue weighted by Crippen LogP contribution is 2.28. The Morgan fingerprint density at radius 3 is 2.78 bits per heavy atom. The van der Waals surface area contributed by atoms with Crippen molar-refractivity contribution >= 4 is 39.3 Å². The lowest BCUT2D eigenvalue weighted by Gasteiger charge is -2.19. The van der Waals surface area contributed by atoms with Crippen molar-refractivity contribution in [3.63, 3.8) is 0 Å². The molecule has 1 aromatic carbocycles. The first-order chi connectivity index (χ1) is 10.7. The Morgan fingerprint density at radius 2 is 2.09 bits per heavy atom. The number of carbonyl (C=O) groups excluding carboxylic acids is 1. The zero-order valence-electron chi connectivity index (χ0n) is 12.8. The zero-order chi connectivity index (χ0) is 17.0. The van der Waals surface area contributed by atoms with Gasteiger partial charge in [-0.1, -0.05) is 17.7 Å². The first-order valence-electron chi connectivity index (χ1n) is 6.69. The Labute approximate surface area is 147 Å². The molecule has 0 saturated carbocycles. The molecule has 0 saturated heterocycles. The molecule has 1 heterocycles. The molecule has 0 aliphatic carbocycles. The molecule has 1 N–H and O–H groups in total. The van der Waals surface area contributed by atoms with Crippen LogP contribution >= 0.6 is 27.5 Å². The van der Waals surface area contributed by atoms with E-state index in [1.165, 1.54) is 6.20 Å². The number of ether oxygens (including phenoxy) is 2. The van der Waals surface area contributed by atoms with Gasteiger partial charge in [0.25, 0.3) is 5.88 Å². The SMILES string of the molecule is CC(C)(C)OC(=O)Nc1cccc(Oc2nc(Br)cnc2Cl)c1. The van der Waals surface area contributed by atoms with Crippen LogP contribution < -0.4 is 10.1 Å². The Morgan fingerprint density at radius 1 is 1.35 bits per heavy atom. The summed E-state index contributed by atoms with van der Waals surface area (Å²) in [6, 6.07) is 6.77. The van der Waals surface area contributed by atoms with Gasteiger partial charge in [0.15, 0.2) is 5.15 Å². The molecule has 0 fully saturated rings. The van der Waals surface area contributed by atoms with Gasteiger partial charge in [-0.05, 0) is 48.8 Å². The summed E-state index contributed by atoms with van der Waals surface area (Å²) in [7, 11) is 0. The fourth-order valence-corrected chi connectivity index (χ4v) is 1.97. The minimum Gasteiger partial charge on any atom is -0.444 e. The highest BCUT2D eigenvalue weighted by molar-refractivity contribution is 9.10. The van der Waals surface area contributed by atoms with Crippen molar-refractivity contribution < 1.29 is 14.3 Å². The summed E-state index contributed by atoms with van der Waals surface area (Å²) in [5, 5.41) is 2.77. The summed E-state index contributed by atoms with van der Waals surface area (Å²) < 4.78 is 11.3. The first-order valence-corrected chi connectivity index (χ1v) is 7.86. The molecule has 2 rings (SSSR count). The van der Waals surface area contributed by atoms with Gasteiger partial charge in [-0.15, -0.1) is 0 Å². The molecule has 1 amide bonds. The molecule has 23 heavy (non-hydrogen) atoms. The minimum absolute atomic E-state index is 0.138. The topological polar surface area (TPSA) is 73.3 Å². The Kier molecular flexibility index (Phi) is 5.43. The Bertz CT molecular complexity index is 719. The van der Waals surface area contributed by atoms with Crippen LogP contribution in [0.2, 0.25) is 5.15 Å². The van der Waals surface area contributed by atoms with Gasteiger partial charge in [0.05, 0.1) is 6.20 Å². The van der Waals surface area contributed by atoms with E-state index in [4.69, 9.17) is 21.1 Å². The number of halogens is 2. The van der Waals surface area contributed by atoms with E-state index in [2.05, 4.69) is 31.2 Å². The standard InChI is InChI=1S/C15H15BrClN3O3/c1-15(2,3)23-14(21)19-9-5-4-6-10(7-9)22-13-12(17)18-8-11(16)20-13/h4-8H,1-3H3,(H,19,21). The van der Waals surface area contributed by atoms with E-state index in [0.29, 0.717) is 16.0 Å². The van der Waals surface area contributed by atoms with Crippen molar-refractivity contribution in [1.29, 1.82) is 0 Å². The zero-order valence-corrected chi connectivity index (χ0v) is 15.1. The number of nitrogens with one attached hydrogen (secondary N) is 1. The van der Waals surface area contributed by atoms with Gasteiger partial charge in [-0.3, -0.25) is 5.32 Å². The second-order valence-electron chi connectivity index (χ2n) is 5.55. The van der Waals surface area contributed by atoms with Crippen LogP contribution in [-0.2, 0) is 4.74 Å². The van der Waals surface area contributed by atoms with Crippen molar-refractivity contribution in [3.05, 3.63) is 40.2 Å². The van der Waals surface area contributed by atoms with Crippen LogP contribution in [0.1, 0.15) is 20.8 Å². The van der Waals surface area contributed by atoms with E-state index in [1.807, 2.05) is 0 Å². The van der Waals surface area contributed by atoms with Crippen molar-refractivity contribution in [2.75, 3.05) is 5.32 Å². The number of hydrogen-bond acceptors (Lipinski definition) is 5. The summed E-state index contributed by atoms with van der Waals surface area (Å²) in [6.07, 6.45) is 0.922. The molecule has 8 heteroatoms. The maximum atomic E-state index is 11.8. The average Bonchev–Trinajstić information content (AvgIpc) is 2.41. The molecule has 6 nitrogen and oxygen atoms in total. The van der Waals surface area contributed by atoms with E-state index in [1.54, 1.807) is 45.0 Å². The highest BCUT2D eigenvalue weighted by atomic mass is 79.9. The van der Waals surface area contributed by atoms with E-state index in [9.17, 15) is 4.79 Å². The maximum absolute atomic E-state index is 11.8. The smallest absolute Gasteiger partial charge is 0.412 e. The number of benzene rings is 1. The number of hydrogen-bond donors (Lipinski definition) is 1. The van der Waals surface area contributed by atoms with Gasteiger partial charge in [0.1, 0.15) is 16.0 Å². The van der Waals surface area contributed by atoms with Crippen molar-refractivity contribution in [2.45, 2.75) is 26.4 Å². The Balaban J connectivity index is 2.11. The number of amides is 1. The number of carbonyl (C=O) groups is 1. The van der Waals surface area contributed by atoms with Crippen LogP contribution in [0.4, 0.5) is 10.5 Å². The highest BCUT2D eigenvalue weighted by Gasteiger charge is 2.16. The fraction of sp³-hybridized carbons (Fsp3) is 0.267. The third-order valence-corrected chi connectivity index (χ3v) is 3.00. The van der Waals surface area contributed by atoms with E-state index in [0.717, 1.165) is 0 Å². The van der Waals surface area contributed by atoms with Crippen LogP contribution in [0.25, 0.3) is 0 Å². The molecule has 0 spiro atoms. The molecule has 0 unspecified atom stereocenters. The predicted octanol–water partition coefficient (Wildman–Crippen LogP) is 5.03. The lowest BCUT2D eigenvalue weighted by molar-refractivity contribution is 0.0636. The summed E-state index contributed by atoms with van der Waals surface area (Å²) in [5.74, 6) is 0.614. The van der Waals surface area contributed by atoms with Crippen LogP contribution in [0.3, 0.4) is 0 Å². The molecular formula is C15H15BrClN3O3. The molecule has 0 radical (unpaired) electrons. The predicted molar refractivity (Wildman–Crippen MR) is 91.1 cm³/mol.